The lowest BCUT2D eigenvalue weighted by Crippen LogP contribution is -2.09. The first kappa shape index (κ1) is 15.6. The Morgan fingerprint density at radius 2 is 2.05 bits per heavy atom. The molecule has 0 aliphatic carbocycles. The number of hydrogen-bond donors (Lipinski definition) is 1. The zero-order chi connectivity index (χ0) is 15.3. The van der Waals surface area contributed by atoms with Crippen molar-refractivity contribution >= 4 is 16.5 Å². The molecule has 1 aromatic carbocycles. The number of benzene rings is 1. The highest BCUT2D eigenvalue weighted by Gasteiger charge is 2.34. The Bertz CT molecular complexity index is 586. The third-order valence-corrected chi connectivity index (χ3v) is 3.37. The number of alkyl halides is 3. The van der Waals surface area contributed by atoms with Crippen molar-refractivity contribution in [3.63, 3.8) is 0 Å². The Labute approximate surface area is 124 Å². The van der Waals surface area contributed by atoms with Crippen molar-refractivity contribution in [1.82, 2.24) is 9.59 Å². The van der Waals surface area contributed by atoms with Gasteiger partial charge < -0.3 is 10.1 Å². The molecule has 21 heavy (non-hydrogen) atoms. The molecule has 0 unspecified atom stereocenters. The fourth-order valence-electron chi connectivity index (χ4n) is 1.65. The third-order valence-electron chi connectivity index (χ3n) is 2.65. The van der Waals surface area contributed by atoms with Crippen LogP contribution in [0.3, 0.4) is 0 Å². The second kappa shape index (κ2) is 6.75. The zero-order valence-electron chi connectivity index (χ0n) is 11.3. The van der Waals surface area contributed by atoms with E-state index in [4.69, 9.17) is 4.74 Å². The van der Waals surface area contributed by atoms with Gasteiger partial charge in [0, 0.05) is 18.1 Å². The van der Waals surface area contributed by atoms with Gasteiger partial charge in [-0.15, -0.1) is 5.10 Å². The smallest absolute Gasteiger partial charge is 0.419 e. The lowest BCUT2D eigenvalue weighted by atomic mass is 10.2. The SMILES string of the molecule is CCCNc1snnc1COc1ccccc1C(F)(F)F. The summed E-state index contributed by atoms with van der Waals surface area (Å²) in [5, 5.41) is 7.71. The third kappa shape index (κ3) is 4.07. The summed E-state index contributed by atoms with van der Waals surface area (Å²) < 4.78 is 47.6. The van der Waals surface area contributed by atoms with Gasteiger partial charge in [-0.25, -0.2) is 0 Å². The number of ether oxygens (including phenoxy) is 1. The average molecular weight is 317 g/mol. The van der Waals surface area contributed by atoms with Crippen molar-refractivity contribution in [1.29, 1.82) is 0 Å². The van der Waals surface area contributed by atoms with Gasteiger partial charge in [-0.05, 0) is 18.6 Å². The van der Waals surface area contributed by atoms with E-state index in [0.29, 0.717) is 5.69 Å². The van der Waals surface area contributed by atoms with Gasteiger partial charge in [0.15, 0.2) is 0 Å². The molecule has 1 heterocycles. The molecule has 1 aromatic heterocycles. The first-order valence-electron chi connectivity index (χ1n) is 6.36. The lowest BCUT2D eigenvalue weighted by molar-refractivity contribution is -0.139. The summed E-state index contributed by atoms with van der Waals surface area (Å²) in [5.74, 6) is -0.209. The van der Waals surface area contributed by atoms with Crippen LogP contribution in [0.2, 0.25) is 0 Å². The minimum Gasteiger partial charge on any atom is -0.486 e. The van der Waals surface area contributed by atoms with Crippen LogP contribution in [0, 0.1) is 0 Å². The van der Waals surface area contributed by atoms with Crippen molar-refractivity contribution in [3.05, 3.63) is 35.5 Å². The van der Waals surface area contributed by atoms with Crippen molar-refractivity contribution in [2.45, 2.75) is 26.1 Å². The number of aromatic nitrogens is 2. The average Bonchev–Trinajstić information content (AvgIpc) is 2.89. The minimum atomic E-state index is -4.44. The van der Waals surface area contributed by atoms with Gasteiger partial charge >= 0.3 is 6.18 Å². The standard InChI is InChI=1S/C13H14F3N3OS/c1-2-7-17-12-10(18-19-21-12)8-20-11-6-4-3-5-9(11)13(14,15)16/h3-6,17H,2,7-8H2,1H3. The number of halogens is 3. The Hall–Kier alpha value is -1.83. The topological polar surface area (TPSA) is 47.0 Å². The normalized spacial score (nSPS) is 11.4. The number of nitrogens with one attached hydrogen (secondary N) is 1. The zero-order valence-corrected chi connectivity index (χ0v) is 12.1. The summed E-state index contributed by atoms with van der Waals surface area (Å²) in [6, 6.07) is 5.11. The molecule has 4 nitrogen and oxygen atoms in total. The maximum Gasteiger partial charge on any atom is 0.419 e. The second-order valence-corrected chi connectivity index (χ2v) is 5.01. The molecule has 2 rings (SSSR count). The molecule has 8 heteroatoms. The molecule has 0 aliphatic heterocycles. The van der Waals surface area contributed by atoms with Crippen LogP contribution in [0.5, 0.6) is 5.75 Å². The predicted molar refractivity (Wildman–Crippen MR) is 74.5 cm³/mol. The van der Waals surface area contributed by atoms with Gasteiger partial charge in [0.05, 0.1) is 5.56 Å². The molecule has 0 amide bonds. The second-order valence-electron chi connectivity index (χ2n) is 4.26. The fraction of sp³-hybridized carbons (Fsp3) is 0.385. The van der Waals surface area contributed by atoms with E-state index in [9.17, 15) is 13.2 Å². The van der Waals surface area contributed by atoms with Gasteiger partial charge in [-0.1, -0.05) is 23.5 Å². The Morgan fingerprint density at radius 1 is 1.29 bits per heavy atom. The molecule has 0 saturated heterocycles. The Kier molecular flexibility index (Phi) is 5.00. The molecule has 114 valence electrons. The molecular formula is C13H14F3N3OS. The molecule has 0 atom stereocenters. The first-order valence-corrected chi connectivity index (χ1v) is 7.14. The van der Waals surface area contributed by atoms with E-state index in [1.807, 2.05) is 6.92 Å². The molecule has 2 aromatic rings. The quantitative estimate of drug-likeness (QED) is 0.876. The summed E-state index contributed by atoms with van der Waals surface area (Å²) >= 11 is 1.16. The lowest BCUT2D eigenvalue weighted by Gasteiger charge is -2.13. The Balaban J connectivity index is 2.09. The van der Waals surface area contributed by atoms with Crippen LogP contribution in [-0.2, 0) is 12.8 Å². The van der Waals surface area contributed by atoms with E-state index in [0.717, 1.165) is 35.6 Å². The van der Waals surface area contributed by atoms with E-state index in [-0.39, 0.29) is 12.4 Å². The maximum atomic E-state index is 12.8. The van der Waals surface area contributed by atoms with Gasteiger partial charge in [0.2, 0.25) is 0 Å². The van der Waals surface area contributed by atoms with Gasteiger partial charge in [-0.2, -0.15) is 13.2 Å². The molecular weight excluding hydrogens is 303 g/mol. The molecule has 1 N–H and O–H groups in total. The van der Waals surface area contributed by atoms with Crippen LogP contribution in [0.4, 0.5) is 18.2 Å². The van der Waals surface area contributed by atoms with Crippen LogP contribution < -0.4 is 10.1 Å². The van der Waals surface area contributed by atoms with Crippen LogP contribution in [-0.4, -0.2) is 16.1 Å². The summed E-state index contributed by atoms with van der Waals surface area (Å²) in [6.45, 7) is 2.70. The number of hydrogen-bond acceptors (Lipinski definition) is 5. The van der Waals surface area contributed by atoms with Crippen LogP contribution in [0.1, 0.15) is 24.6 Å². The first-order chi connectivity index (χ1) is 10.0. The highest BCUT2D eigenvalue weighted by molar-refractivity contribution is 7.10. The molecule has 0 bridgehead atoms. The monoisotopic (exact) mass is 317 g/mol. The maximum absolute atomic E-state index is 12.8. The van der Waals surface area contributed by atoms with E-state index >= 15 is 0 Å². The Morgan fingerprint density at radius 3 is 2.76 bits per heavy atom. The predicted octanol–water partition coefficient (Wildman–Crippen LogP) is 3.96. The largest absolute Gasteiger partial charge is 0.486 e. The number of anilines is 1. The number of rotatable bonds is 6. The number of nitrogens with zero attached hydrogens (tertiary/aromatic N) is 2. The van der Waals surface area contributed by atoms with Crippen LogP contribution in [0.15, 0.2) is 24.3 Å². The molecule has 0 fully saturated rings. The minimum absolute atomic E-state index is 0.0599. The summed E-state index contributed by atoms with van der Waals surface area (Å²) in [7, 11) is 0. The molecule has 0 spiro atoms. The van der Waals surface area contributed by atoms with Crippen LogP contribution in [0.25, 0.3) is 0 Å². The highest BCUT2D eigenvalue weighted by atomic mass is 32.1. The summed E-state index contributed by atoms with van der Waals surface area (Å²) in [5.41, 5.74) is -0.290. The van der Waals surface area contributed by atoms with Crippen molar-refractivity contribution in [3.8, 4) is 5.75 Å². The van der Waals surface area contributed by atoms with E-state index < -0.39 is 11.7 Å². The van der Waals surface area contributed by atoms with E-state index in [2.05, 4.69) is 14.9 Å². The molecule has 0 aliphatic rings. The molecule has 0 radical (unpaired) electrons. The van der Waals surface area contributed by atoms with Gasteiger partial charge in [0.1, 0.15) is 23.1 Å². The van der Waals surface area contributed by atoms with E-state index in [1.54, 1.807) is 0 Å². The van der Waals surface area contributed by atoms with Gasteiger partial charge in [0.25, 0.3) is 0 Å². The van der Waals surface area contributed by atoms with Crippen LogP contribution >= 0.6 is 11.5 Å². The van der Waals surface area contributed by atoms with Gasteiger partial charge in [-0.3, -0.25) is 0 Å². The summed E-state index contributed by atoms with van der Waals surface area (Å²) in [4.78, 5) is 0. The van der Waals surface area contributed by atoms with Crippen molar-refractivity contribution in [2.75, 3.05) is 11.9 Å². The van der Waals surface area contributed by atoms with Crippen molar-refractivity contribution in [2.24, 2.45) is 0 Å². The van der Waals surface area contributed by atoms with Crippen molar-refractivity contribution < 1.29 is 17.9 Å². The molecule has 0 saturated carbocycles. The van der Waals surface area contributed by atoms with E-state index in [1.165, 1.54) is 18.2 Å². The highest BCUT2D eigenvalue weighted by Crippen LogP contribution is 2.36. The number of para-hydroxylation sites is 1. The fourth-order valence-corrected chi connectivity index (χ4v) is 2.24. The summed E-state index contributed by atoms with van der Waals surface area (Å²) in [6.07, 6.45) is -3.52.